The highest BCUT2D eigenvalue weighted by atomic mass is 79.9. The molecule has 0 aliphatic heterocycles. The molecule has 124 valence electrons. The second-order valence-corrected chi connectivity index (χ2v) is 7.99. The maximum Gasteiger partial charge on any atom is 0.206 e. The van der Waals surface area contributed by atoms with Crippen molar-refractivity contribution >= 4 is 44.8 Å². The number of pyridine rings is 1. The van der Waals surface area contributed by atoms with E-state index >= 15 is 0 Å². The van der Waals surface area contributed by atoms with E-state index < -0.39 is 0 Å². The van der Waals surface area contributed by atoms with E-state index in [1.54, 1.807) is 42.2 Å². The number of nitrogens with zero attached hydrogens (tertiary/aromatic N) is 4. The van der Waals surface area contributed by atoms with Crippen molar-refractivity contribution in [3.05, 3.63) is 56.2 Å². The van der Waals surface area contributed by atoms with E-state index in [1.807, 2.05) is 28.9 Å². The SMILES string of the molecule is COCCN=c1scc(-c2ccc(Br)s2)n1/N=C/c1ccccn1. The van der Waals surface area contributed by atoms with Gasteiger partial charge in [-0.15, -0.1) is 22.7 Å². The third kappa shape index (κ3) is 4.27. The Kier molecular flexibility index (Phi) is 6.08. The summed E-state index contributed by atoms with van der Waals surface area (Å²) in [6, 6.07) is 9.84. The molecule has 0 saturated carbocycles. The average Bonchev–Trinajstić information content (AvgIpc) is 3.20. The Hall–Kier alpha value is -1.61. The minimum atomic E-state index is 0.585. The number of thiophene rings is 1. The van der Waals surface area contributed by atoms with Crippen LogP contribution in [0.4, 0.5) is 0 Å². The van der Waals surface area contributed by atoms with Gasteiger partial charge in [0.25, 0.3) is 0 Å². The highest BCUT2D eigenvalue weighted by molar-refractivity contribution is 9.11. The molecule has 0 N–H and O–H groups in total. The number of methoxy groups -OCH3 is 1. The molecule has 3 heterocycles. The lowest BCUT2D eigenvalue weighted by Gasteiger charge is -2.01. The van der Waals surface area contributed by atoms with Crippen LogP contribution in [0.3, 0.4) is 0 Å². The largest absolute Gasteiger partial charge is 0.383 e. The van der Waals surface area contributed by atoms with Gasteiger partial charge in [-0.1, -0.05) is 6.07 Å². The van der Waals surface area contributed by atoms with Gasteiger partial charge in [-0.2, -0.15) is 5.10 Å². The number of hydrogen-bond acceptors (Lipinski definition) is 6. The summed E-state index contributed by atoms with van der Waals surface area (Å²) in [6.07, 6.45) is 3.50. The first-order chi connectivity index (χ1) is 11.8. The van der Waals surface area contributed by atoms with Crippen LogP contribution >= 0.6 is 38.6 Å². The minimum absolute atomic E-state index is 0.585. The number of rotatable bonds is 6. The van der Waals surface area contributed by atoms with Crippen molar-refractivity contribution in [2.45, 2.75) is 0 Å². The standard InChI is InChI=1S/C16H15BrN4OS2/c1-22-9-8-19-16-21(20-10-12-4-2-3-7-18-12)13(11-23-16)14-5-6-15(17)24-14/h2-7,10-11H,8-9H2,1H3/b19-16?,20-10+. The number of aromatic nitrogens is 2. The number of ether oxygens (including phenoxy) is 1. The van der Waals surface area contributed by atoms with Crippen LogP contribution in [-0.4, -0.2) is 36.1 Å². The van der Waals surface area contributed by atoms with E-state index in [0.29, 0.717) is 13.2 Å². The fraction of sp³-hybridized carbons (Fsp3) is 0.188. The van der Waals surface area contributed by atoms with Gasteiger partial charge in [0.2, 0.25) is 4.80 Å². The molecule has 0 bridgehead atoms. The Morgan fingerprint density at radius 1 is 1.33 bits per heavy atom. The predicted molar refractivity (Wildman–Crippen MR) is 103 cm³/mol. The summed E-state index contributed by atoms with van der Waals surface area (Å²) in [5.74, 6) is 0. The number of thiazole rings is 1. The van der Waals surface area contributed by atoms with Crippen LogP contribution in [0.25, 0.3) is 10.6 Å². The van der Waals surface area contributed by atoms with Crippen LogP contribution in [0.15, 0.2) is 55.8 Å². The molecule has 0 atom stereocenters. The average molecular weight is 423 g/mol. The molecule has 0 radical (unpaired) electrons. The van der Waals surface area contributed by atoms with Crippen LogP contribution in [-0.2, 0) is 4.74 Å². The summed E-state index contributed by atoms with van der Waals surface area (Å²) < 4.78 is 8.02. The van der Waals surface area contributed by atoms with Crippen LogP contribution in [0.2, 0.25) is 0 Å². The zero-order chi connectivity index (χ0) is 16.8. The molecule has 3 aromatic heterocycles. The molecule has 0 amide bonds. The summed E-state index contributed by atoms with van der Waals surface area (Å²) in [6.45, 7) is 1.19. The molecule has 0 saturated heterocycles. The summed E-state index contributed by atoms with van der Waals surface area (Å²) in [7, 11) is 1.67. The van der Waals surface area contributed by atoms with E-state index in [4.69, 9.17) is 4.74 Å². The van der Waals surface area contributed by atoms with Crippen molar-refractivity contribution in [2.24, 2.45) is 10.1 Å². The molecule has 3 rings (SSSR count). The zero-order valence-electron chi connectivity index (χ0n) is 12.9. The van der Waals surface area contributed by atoms with E-state index in [9.17, 15) is 0 Å². The highest BCUT2D eigenvalue weighted by Crippen LogP contribution is 2.31. The summed E-state index contributed by atoms with van der Waals surface area (Å²) in [5.41, 5.74) is 1.82. The van der Waals surface area contributed by atoms with Gasteiger partial charge in [-0.3, -0.25) is 9.98 Å². The number of halogens is 1. The van der Waals surface area contributed by atoms with Crippen LogP contribution in [0, 0.1) is 0 Å². The third-order valence-electron chi connectivity index (χ3n) is 3.05. The van der Waals surface area contributed by atoms with Gasteiger partial charge >= 0.3 is 0 Å². The maximum atomic E-state index is 5.08. The topological polar surface area (TPSA) is 51.8 Å². The van der Waals surface area contributed by atoms with Crippen LogP contribution < -0.4 is 4.80 Å². The zero-order valence-corrected chi connectivity index (χ0v) is 16.1. The lowest BCUT2D eigenvalue weighted by Crippen LogP contribution is -2.13. The second kappa shape index (κ2) is 8.48. The monoisotopic (exact) mass is 422 g/mol. The minimum Gasteiger partial charge on any atom is -0.383 e. The fourth-order valence-corrected chi connectivity index (χ4v) is 4.26. The molecule has 0 aliphatic rings. The first kappa shape index (κ1) is 17.2. The van der Waals surface area contributed by atoms with Gasteiger partial charge in [0, 0.05) is 18.7 Å². The molecule has 0 unspecified atom stereocenters. The Balaban J connectivity index is 2.01. The predicted octanol–water partition coefficient (Wildman–Crippen LogP) is 3.86. The fourth-order valence-electron chi connectivity index (χ4n) is 1.94. The van der Waals surface area contributed by atoms with Crippen molar-refractivity contribution in [3.63, 3.8) is 0 Å². The van der Waals surface area contributed by atoms with Gasteiger partial charge in [-0.25, -0.2) is 4.68 Å². The van der Waals surface area contributed by atoms with Gasteiger partial charge in [0.15, 0.2) is 0 Å². The maximum absolute atomic E-state index is 5.08. The lowest BCUT2D eigenvalue weighted by molar-refractivity contribution is 0.207. The number of hydrogen-bond donors (Lipinski definition) is 0. The van der Waals surface area contributed by atoms with E-state index in [0.717, 1.165) is 24.9 Å². The van der Waals surface area contributed by atoms with E-state index in [1.165, 1.54) is 0 Å². The molecule has 3 aromatic rings. The smallest absolute Gasteiger partial charge is 0.206 e. The van der Waals surface area contributed by atoms with Crippen molar-refractivity contribution in [3.8, 4) is 10.6 Å². The Bertz CT molecular complexity index is 883. The lowest BCUT2D eigenvalue weighted by atomic mass is 10.4. The molecule has 5 nitrogen and oxygen atoms in total. The van der Waals surface area contributed by atoms with Crippen molar-refractivity contribution in [1.82, 2.24) is 9.66 Å². The van der Waals surface area contributed by atoms with Crippen LogP contribution in [0.1, 0.15) is 5.69 Å². The van der Waals surface area contributed by atoms with Gasteiger partial charge in [-0.05, 0) is 40.2 Å². The highest BCUT2D eigenvalue weighted by Gasteiger charge is 2.09. The van der Waals surface area contributed by atoms with Gasteiger partial charge < -0.3 is 4.74 Å². The Morgan fingerprint density at radius 3 is 2.96 bits per heavy atom. The van der Waals surface area contributed by atoms with Crippen molar-refractivity contribution in [2.75, 3.05) is 20.3 Å². The molecular weight excluding hydrogens is 408 g/mol. The molecule has 0 spiro atoms. The van der Waals surface area contributed by atoms with E-state index in [-0.39, 0.29) is 0 Å². The summed E-state index contributed by atoms with van der Waals surface area (Å²) in [4.78, 5) is 10.8. The summed E-state index contributed by atoms with van der Waals surface area (Å²) >= 11 is 6.74. The Morgan fingerprint density at radius 2 is 2.25 bits per heavy atom. The Labute approximate surface area is 156 Å². The van der Waals surface area contributed by atoms with Gasteiger partial charge in [0.1, 0.15) is 0 Å². The summed E-state index contributed by atoms with van der Waals surface area (Å²) in [5, 5.41) is 6.67. The molecule has 8 heteroatoms. The van der Waals surface area contributed by atoms with Gasteiger partial charge in [0.05, 0.1) is 39.4 Å². The quantitative estimate of drug-likeness (QED) is 0.447. The first-order valence-corrected chi connectivity index (χ1v) is 9.68. The van der Waals surface area contributed by atoms with Crippen molar-refractivity contribution < 1.29 is 4.74 Å². The normalized spacial score (nSPS) is 12.3. The first-order valence-electron chi connectivity index (χ1n) is 7.19. The van der Waals surface area contributed by atoms with Crippen molar-refractivity contribution in [1.29, 1.82) is 0 Å². The molecule has 0 aromatic carbocycles. The molecule has 0 fully saturated rings. The molecule has 24 heavy (non-hydrogen) atoms. The molecule has 0 aliphatic carbocycles. The second-order valence-electron chi connectivity index (χ2n) is 4.69. The molecular formula is C16H15BrN4OS2. The third-order valence-corrected chi connectivity index (χ3v) is 5.55. The van der Waals surface area contributed by atoms with E-state index in [2.05, 4.69) is 42.5 Å². The van der Waals surface area contributed by atoms with Crippen LogP contribution in [0.5, 0.6) is 0 Å².